The standard InChI is InChI=1S/C17H17ClN2O2S/c1-9-2-4-12-15(6-9)23-17(19-12)20-16(21)14-8-10-7-11(18)3-5-13(10)22-14/h3,5,7,9,14H,2,4,6,8H2,1H3,(H,19,20,21)/t9-,14+/m1/s1. The van der Waals surface area contributed by atoms with Gasteiger partial charge in [-0.2, -0.15) is 0 Å². The zero-order valence-corrected chi connectivity index (χ0v) is 14.3. The van der Waals surface area contributed by atoms with Crippen LogP contribution in [0.4, 0.5) is 5.13 Å². The van der Waals surface area contributed by atoms with Gasteiger partial charge in [-0.1, -0.05) is 18.5 Å². The van der Waals surface area contributed by atoms with E-state index in [2.05, 4.69) is 17.2 Å². The number of anilines is 1. The van der Waals surface area contributed by atoms with Crippen molar-refractivity contribution in [2.45, 2.75) is 38.7 Å². The number of carbonyl (C=O) groups excluding carboxylic acids is 1. The molecule has 0 spiro atoms. The second kappa shape index (κ2) is 5.80. The van der Waals surface area contributed by atoms with E-state index in [0.29, 0.717) is 22.5 Å². The number of aromatic nitrogens is 1. The maximum absolute atomic E-state index is 12.4. The lowest BCUT2D eigenvalue weighted by Crippen LogP contribution is -2.31. The van der Waals surface area contributed by atoms with Crippen LogP contribution in [-0.2, 0) is 24.1 Å². The average Bonchev–Trinajstić information content (AvgIpc) is 3.09. The highest BCUT2D eigenvalue weighted by Gasteiger charge is 2.30. The van der Waals surface area contributed by atoms with E-state index in [0.717, 1.165) is 29.8 Å². The number of benzene rings is 1. The number of carbonyl (C=O) groups is 1. The molecule has 1 aliphatic heterocycles. The minimum Gasteiger partial charge on any atom is -0.480 e. The van der Waals surface area contributed by atoms with Crippen molar-refractivity contribution >= 4 is 34.0 Å². The quantitative estimate of drug-likeness (QED) is 0.896. The lowest BCUT2D eigenvalue weighted by Gasteiger charge is -2.15. The van der Waals surface area contributed by atoms with E-state index in [1.807, 2.05) is 12.1 Å². The lowest BCUT2D eigenvalue weighted by molar-refractivity contribution is -0.122. The summed E-state index contributed by atoms with van der Waals surface area (Å²) in [4.78, 5) is 18.3. The van der Waals surface area contributed by atoms with E-state index in [4.69, 9.17) is 16.3 Å². The highest BCUT2D eigenvalue weighted by molar-refractivity contribution is 7.15. The van der Waals surface area contributed by atoms with Gasteiger partial charge in [-0.3, -0.25) is 10.1 Å². The summed E-state index contributed by atoms with van der Waals surface area (Å²) in [5.74, 6) is 1.29. The number of nitrogens with one attached hydrogen (secondary N) is 1. The molecular formula is C17H17ClN2O2S. The first kappa shape index (κ1) is 15.0. The van der Waals surface area contributed by atoms with Gasteiger partial charge in [-0.25, -0.2) is 4.98 Å². The first-order valence-corrected chi connectivity index (χ1v) is 9.02. The number of thiazole rings is 1. The third-order valence-corrected chi connectivity index (χ3v) is 5.68. The summed E-state index contributed by atoms with van der Waals surface area (Å²) in [6.07, 6.45) is 3.28. The van der Waals surface area contributed by atoms with Gasteiger partial charge in [0, 0.05) is 16.3 Å². The van der Waals surface area contributed by atoms with Gasteiger partial charge in [-0.15, -0.1) is 11.3 Å². The molecule has 1 aromatic carbocycles. The number of halogens is 1. The van der Waals surface area contributed by atoms with Crippen LogP contribution < -0.4 is 10.1 Å². The van der Waals surface area contributed by atoms with Gasteiger partial charge >= 0.3 is 0 Å². The maximum Gasteiger partial charge on any atom is 0.267 e. The smallest absolute Gasteiger partial charge is 0.267 e. The molecule has 0 saturated carbocycles. The molecule has 2 heterocycles. The summed E-state index contributed by atoms with van der Waals surface area (Å²) < 4.78 is 5.72. The van der Waals surface area contributed by atoms with Gasteiger partial charge in [0.1, 0.15) is 5.75 Å². The molecule has 2 aliphatic rings. The normalized spacial score (nSPS) is 22.2. The number of aryl methyl sites for hydroxylation is 1. The second-order valence-corrected chi connectivity index (χ2v) is 7.81. The number of amides is 1. The fourth-order valence-electron chi connectivity index (χ4n) is 3.14. The van der Waals surface area contributed by atoms with E-state index in [1.165, 1.54) is 11.3 Å². The maximum atomic E-state index is 12.4. The second-order valence-electron chi connectivity index (χ2n) is 6.29. The third-order valence-electron chi connectivity index (χ3n) is 4.41. The Kier molecular flexibility index (Phi) is 3.77. The molecule has 1 aliphatic carbocycles. The number of hydrogen-bond acceptors (Lipinski definition) is 4. The number of nitrogens with zero attached hydrogens (tertiary/aromatic N) is 1. The molecule has 0 fully saturated rings. The first-order chi connectivity index (χ1) is 11.1. The Morgan fingerprint density at radius 3 is 3.17 bits per heavy atom. The van der Waals surface area contributed by atoms with Gasteiger partial charge in [0.2, 0.25) is 0 Å². The van der Waals surface area contributed by atoms with Crippen LogP contribution in [0.25, 0.3) is 0 Å². The molecule has 4 rings (SSSR count). The van der Waals surface area contributed by atoms with Crippen molar-refractivity contribution in [1.29, 1.82) is 0 Å². The largest absolute Gasteiger partial charge is 0.480 e. The summed E-state index contributed by atoms with van der Waals surface area (Å²) in [6.45, 7) is 2.26. The monoisotopic (exact) mass is 348 g/mol. The number of rotatable bonds is 2. The zero-order chi connectivity index (χ0) is 16.0. The Balaban J connectivity index is 1.45. The Hall–Kier alpha value is -1.59. The Labute approximate surface area is 143 Å². The van der Waals surface area contributed by atoms with Crippen LogP contribution in [0, 0.1) is 5.92 Å². The Morgan fingerprint density at radius 1 is 1.43 bits per heavy atom. The van der Waals surface area contributed by atoms with Crippen molar-refractivity contribution in [3.8, 4) is 5.75 Å². The van der Waals surface area contributed by atoms with Gasteiger partial charge in [0.05, 0.1) is 5.69 Å². The van der Waals surface area contributed by atoms with E-state index in [1.54, 1.807) is 17.4 Å². The number of ether oxygens (including phenoxy) is 1. The Morgan fingerprint density at radius 2 is 2.30 bits per heavy atom. The van der Waals surface area contributed by atoms with Crippen molar-refractivity contribution in [1.82, 2.24) is 4.98 Å². The Bertz CT molecular complexity index is 774. The molecule has 2 aromatic rings. The molecule has 23 heavy (non-hydrogen) atoms. The van der Waals surface area contributed by atoms with Gasteiger partial charge < -0.3 is 4.74 Å². The van der Waals surface area contributed by atoms with Gasteiger partial charge in [-0.05, 0) is 48.9 Å². The van der Waals surface area contributed by atoms with E-state index >= 15 is 0 Å². The van der Waals surface area contributed by atoms with Crippen LogP contribution in [0.2, 0.25) is 5.02 Å². The highest BCUT2D eigenvalue weighted by Crippen LogP contribution is 2.34. The fourth-order valence-corrected chi connectivity index (χ4v) is 4.51. The van der Waals surface area contributed by atoms with Crippen molar-refractivity contribution < 1.29 is 9.53 Å². The minimum absolute atomic E-state index is 0.142. The van der Waals surface area contributed by atoms with Crippen LogP contribution in [0.15, 0.2) is 18.2 Å². The molecule has 2 atom stereocenters. The molecule has 4 nitrogen and oxygen atoms in total. The fraction of sp³-hybridized carbons (Fsp3) is 0.412. The molecule has 0 bridgehead atoms. The molecule has 1 N–H and O–H groups in total. The first-order valence-electron chi connectivity index (χ1n) is 7.83. The van der Waals surface area contributed by atoms with Crippen molar-refractivity contribution in [3.63, 3.8) is 0 Å². The molecular weight excluding hydrogens is 332 g/mol. The van der Waals surface area contributed by atoms with E-state index in [9.17, 15) is 4.79 Å². The predicted octanol–water partition coefficient (Wildman–Crippen LogP) is 3.86. The summed E-state index contributed by atoms with van der Waals surface area (Å²) >= 11 is 7.58. The molecule has 6 heteroatoms. The van der Waals surface area contributed by atoms with Crippen molar-refractivity contribution in [2.24, 2.45) is 5.92 Å². The minimum atomic E-state index is -0.511. The van der Waals surface area contributed by atoms with Crippen LogP contribution in [-0.4, -0.2) is 17.0 Å². The van der Waals surface area contributed by atoms with E-state index < -0.39 is 6.10 Å². The predicted molar refractivity (Wildman–Crippen MR) is 91.5 cm³/mol. The van der Waals surface area contributed by atoms with Crippen LogP contribution in [0.3, 0.4) is 0 Å². The number of hydrogen-bond donors (Lipinski definition) is 1. The topological polar surface area (TPSA) is 51.2 Å². The zero-order valence-electron chi connectivity index (χ0n) is 12.8. The highest BCUT2D eigenvalue weighted by atomic mass is 35.5. The van der Waals surface area contributed by atoms with Gasteiger partial charge in [0.15, 0.2) is 11.2 Å². The summed E-state index contributed by atoms with van der Waals surface area (Å²) in [5.41, 5.74) is 2.12. The third kappa shape index (κ3) is 2.95. The van der Waals surface area contributed by atoms with Crippen molar-refractivity contribution in [3.05, 3.63) is 39.4 Å². The SMILES string of the molecule is C[C@@H]1CCc2nc(NC(=O)[C@@H]3Cc4cc(Cl)ccc4O3)sc2C1. The number of fused-ring (bicyclic) bond motifs is 2. The summed E-state index contributed by atoms with van der Waals surface area (Å²) in [6, 6.07) is 5.44. The molecule has 1 amide bonds. The average molecular weight is 349 g/mol. The molecule has 0 unspecified atom stereocenters. The summed E-state index contributed by atoms with van der Waals surface area (Å²) in [5, 5.41) is 4.26. The van der Waals surface area contributed by atoms with Crippen LogP contribution >= 0.6 is 22.9 Å². The van der Waals surface area contributed by atoms with Crippen LogP contribution in [0.5, 0.6) is 5.75 Å². The summed E-state index contributed by atoms with van der Waals surface area (Å²) in [7, 11) is 0. The molecule has 0 radical (unpaired) electrons. The molecule has 0 saturated heterocycles. The van der Waals surface area contributed by atoms with Crippen molar-refractivity contribution in [2.75, 3.05) is 5.32 Å². The molecule has 120 valence electrons. The lowest BCUT2D eigenvalue weighted by atomic mass is 9.93. The van der Waals surface area contributed by atoms with E-state index in [-0.39, 0.29) is 5.91 Å². The van der Waals surface area contributed by atoms with Crippen LogP contribution in [0.1, 0.15) is 29.5 Å². The molecule has 1 aromatic heterocycles. The van der Waals surface area contributed by atoms with Gasteiger partial charge in [0.25, 0.3) is 5.91 Å².